The van der Waals surface area contributed by atoms with E-state index < -0.39 is 0 Å². The summed E-state index contributed by atoms with van der Waals surface area (Å²) in [7, 11) is 1.06. The van der Waals surface area contributed by atoms with Crippen molar-refractivity contribution >= 4 is 33.1 Å². The molecule has 38 valence electrons. The van der Waals surface area contributed by atoms with E-state index in [1.54, 1.807) is 3.24 Å². The van der Waals surface area contributed by atoms with Crippen LogP contribution in [0.5, 0.6) is 0 Å². The first-order valence-corrected chi connectivity index (χ1v) is 7.60. The standard InChI is InChI=1S/C4H4P.CH3.Sb.H/c1-2-4-5-3-1;;;/h1-3,5H;1H3;;. The molecule has 1 unspecified atom stereocenters. The Morgan fingerprint density at radius 2 is 2.57 bits per heavy atom. The van der Waals surface area contributed by atoms with E-state index in [9.17, 15) is 0 Å². The Bertz CT molecular complexity index is 123. The second-order valence-electron chi connectivity index (χ2n) is 1.33. The van der Waals surface area contributed by atoms with Gasteiger partial charge in [0.15, 0.2) is 0 Å². The van der Waals surface area contributed by atoms with Crippen LogP contribution >= 0.6 is 8.19 Å². The van der Waals surface area contributed by atoms with Gasteiger partial charge in [-0.15, -0.1) is 0 Å². The molecule has 0 bridgehead atoms. The molecule has 2 heteroatoms. The van der Waals surface area contributed by atoms with Crippen LogP contribution in [0.2, 0.25) is 4.87 Å². The zero-order chi connectivity index (χ0) is 5.11. The summed E-state index contributed by atoms with van der Waals surface area (Å²) in [4.78, 5) is 2.37. The molecule has 0 N–H and O–H groups in total. The Hall–Kier alpha value is 0.598. The fourth-order valence-electron chi connectivity index (χ4n) is 0.486. The van der Waals surface area contributed by atoms with E-state index in [-0.39, 0.29) is 21.6 Å². The third-order valence-electron chi connectivity index (χ3n) is 0.867. The topological polar surface area (TPSA) is 0 Å². The Morgan fingerprint density at radius 3 is 2.86 bits per heavy atom. The Morgan fingerprint density at radius 1 is 1.71 bits per heavy atom. The predicted molar refractivity (Wildman–Crippen MR) is 38.6 cm³/mol. The molecule has 7 heavy (non-hydrogen) atoms. The molecular weight excluding hydrogens is 213 g/mol. The van der Waals surface area contributed by atoms with Crippen LogP contribution in [0.4, 0.5) is 0 Å². The molecule has 0 aliphatic heterocycles. The van der Waals surface area contributed by atoms with Gasteiger partial charge in [0.2, 0.25) is 0 Å². The maximum absolute atomic E-state index is 2.37. The number of hydrogen-bond acceptors (Lipinski definition) is 0. The van der Waals surface area contributed by atoms with Crippen molar-refractivity contribution in [3.05, 3.63) is 17.9 Å². The summed E-state index contributed by atoms with van der Waals surface area (Å²) in [6.45, 7) is 0. The van der Waals surface area contributed by atoms with Crippen molar-refractivity contribution in [1.29, 1.82) is 0 Å². The van der Waals surface area contributed by atoms with Gasteiger partial charge in [-0.25, -0.2) is 0 Å². The Labute approximate surface area is 55.9 Å². The molecule has 0 aliphatic carbocycles. The van der Waals surface area contributed by atoms with Gasteiger partial charge in [0, 0.05) is 0 Å². The maximum atomic E-state index is 2.37. The first kappa shape index (κ1) is 5.73. The predicted octanol–water partition coefficient (Wildman–Crippen LogP) is 0.828. The van der Waals surface area contributed by atoms with Crippen molar-refractivity contribution in [2.45, 2.75) is 4.87 Å². The average molecular weight is 221 g/mol. The molecule has 0 saturated carbocycles. The molecule has 0 aliphatic rings. The van der Waals surface area contributed by atoms with Crippen molar-refractivity contribution in [3.8, 4) is 0 Å². The van der Waals surface area contributed by atoms with Gasteiger partial charge < -0.3 is 0 Å². The van der Waals surface area contributed by atoms with Gasteiger partial charge in [-0.2, -0.15) is 0 Å². The minimum absolute atomic E-state index is 0.0285. The van der Waals surface area contributed by atoms with Gasteiger partial charge in [-0.05, 0) is 0 Å². The quantitative estimate of drug-likeness (QED) is 0.616. The third kappa shape index (κ3) is 1.51. The number of hydrogen-bond donors (Lipinski definition) is 0. The van der Waals surface area contributed by atoms with E-state index >= 15 is 0 Å². The molecule has 0 amide bonds. The third-order valence-corrected chi connectivity index (χ3v) is 6.63. The summed E-state index contributed by atoms with van der Waals surface area (Å²) in [6.07, 6.45) is 0. The molecule has 1 heterocycles. The summed E-state index contributed by atoms with van der Waals surface area (Å²) in [5.74, 6) is 2.26. The molecule has 0 radical (unpaired) electrons. The number of rotatable bonds is 1. The van der Waals surface area contributed by atoms with Gasteiger partial charge in [0.05, 0.1) is 0 Å². The normalized spacial score (nSPS) is 10.4. The van der Waals surface area contributed by atoms with E-state index in [0.29, 0.717) is 0 Å². The molecule has 0 aromatic carbocycles. The minimum atomic E-state index is -0.0285. The van der Waals surface area contributed by atoms with E-state index in [0.717, 1.165) is 8.19 Å². The van der Waals surface area contributed by atoms with Gasteiger partial charge in [0.1, 0.15) is 0 Å². The monoisotopic (exact) mass is 220 g/mol. The zero-order valence-electron chi connectivity index (χ0n) is 4.23. The Kier molecular flexibility index (Phi) is 2.29. The molecular formula is C5H8PSb. The molecule has 1 aromatic rings. The fourth-order valence-corrected chi connectivity index (χ4v) is 3.89. The first-order valence-electron chi connectivity index (χ1n) is 2.24. The van der Waals surface area contributed by atoms with Crippen molar-refractivity contribution in [1.82, 2.24) is 0 Å². The van der Waals surface area contributed by atoms with Crippen molar-refractivity contribution in [2.75, 3.05) is 0 Å². The van der Waals surface area contributed by atoms with Crippen molar-refractivity contribution < 1.29 is 0 Å². The van der Waals surface area contributed by atoms with Gasteiger partial charge >= 0.3 is 55.9 Å². The summed E-state index contributed by atoms with van der Waals surface area (Å²) < 4.78 is 1.75. The van der Waals surface area contributed by atoms with E-state index in [1.165, 1.54) is 0 Å². The van der Waals surface area contributed by atoms with Gasteiger partial charge in [-0.1, -0.05) is 0 Å². The van der Waals surface area contributed by atoms with Crippen LogP contribution in [-0.2, 0) is 0 Å². The molecule has 1 rings (SSSR count). The summed E-state index contributed by atoms with van der Waals surface area (Å²) in [6, 6.07) is 4.46. The van der Waals surface area contributed by atoms with Crippen LogP contribution in [0.3, 0.4) is 0 Å². The second kappa shape index (κ2) is 2.80. The second-order valence-corrected chi connectivity index (χ2v) is 6.89. The summed E-state index contributed by atoms with van der Waals surface area (Å²) in [5, 5.41) is 0. The van der Waals surface area contributed by atoms with Crippen LogP contribution in [0, 0.1) is 0 Å². The van der Waals surface area contributed by atoms with E-state index in [1.807, 2.05) is 0 Å². The van der Waals surface area contributed by atoms with Crippen molar-refractivity contribution in [3.63, 3.8) is 0 Å². The zero-order valence-corrected chi connectivity index (χ0v) is 8.09. The molecule has 0 nitrogen and oxygen atoms in total. The van der Waals surface area contributed by atoms with Crippen molar-refractivity contribution in [2.24, 2.45) is 0 Å². The molecule has 1 atom stereocenters. The SMILES string of the molecule is [CH3][SbH][c]1ccc[pH]1. The van der Waals surface area contributed by atoms with E-state index in [2.05, 4.69) is 22.8 Å². The average Bonchev–Trinajstić information content (AvgIpc) is 2.14. The fraction of sp³-hybridized carbons (Fsp3) is 0.200. The Balaban J connectivity index is 2.76. The summed E-state index contributed by atoms with van der Waals surface area (Å²) >= 11 is -0.0285. The first-order chi connectivity index (χ1) is 3.43. The van der Waals surface area contributed by atoms with Gasteiger partial charge in [-0.3, -0.25) is 0 Å². The molecule has 0 fully saturated rings. The van der Waals surface area contributed by atoms with Crippen LogP contribution < -0.4 is 3.24 Å². The van der Waals surface area contributed by atoms with Crippen LogP contribution in [0.1, 0.15) is 0 Å². The summed E-state index contributed by atoms with van der Waals surface area (Å²) in [5.41, 5.74) is 0. The van der Waals surface area contributed by atoms with Crippen LogP contribution in [0.25, 0.3) is 0 Å². The molecule has 1 aromatic heterocycles. The van der Waals surface area contributed by atoms with Gasteiger partial charge in [0.25, 0.3) is 0 Å². The molecule has 0 saturated heterocycles. The van der Waals surface area contributed by atoms with Crippen LogP contribution in [0.15, 0.2) is 17.9 Å². The molecule has 0 spiro atoms. The van der Waals surface area contributed by atoms with E-state index in [4.69, 9.17) is 0 Å². The van der Waals surface area contributed by atoms with Crippen LogP contribution in [-0.4, -0.2) is 21.6 Å².